The molecule has 0 saturated heterocycles. The molecular weight excluding hydrogens is 374 g/mol. The van der Waals surface area contributed by atoms with Gasteiger partial charge < -0.3 is 5.32 Å². The average Bonchev–Trinajstić information content (AvgIpc) is 2.38. The third-order valence-corrected chi connectivity index (χ3v) is 3.76. The summed E-state index contributed by atoms with van der Waals surface area (Å²) in [5, 5.41) is 2.52. The average molecular weight is 383 g/mol. The van der Waals surface area contributed by atoms with Crippen molar-refractivity contribution >= 4 is 27.5 Å². The predicted molar refractivity (Wildman–Crippen MR) is 76.3 cm³/mol. The van der Waals surface area contributed by atoms with Crippen molar-refractivity contribution in [3.05, 3.63) is 68.2 Å². The molecule has 0 spiro atoms. The quantitative estimate of drug-likeness (QED) is 0.584. The highest BCUT2D eigenvalue weighted by molar-refractivity contribution is 9.10. The molecule has 1 N–H and O–H groups in total. The van der Waals surface area contributed by atoms with Gasteiger partial charge in [-0.25, -0.2) is 17.6 Å². The summed E-state index contributed by atoms with van der Waals surface area (Å²) in [4.78, 5) is 0. The Morgan fingerprint density at radius 3 is 2.00 bits per heavy atom. The van der Waals surface area contributed by atoms with E-state index in [2.05, 4.69) is 21.2 Å². The van der Waals surface area contributed by atoms with Crippen LogP contribution in [0.1, 0.15) is 17.2 Å². The summed E-state index contributed by atoms with van der Waals surface area (Å²) in [6.45, 7) is 0. The maximum atomic E-state index is 14.0. The molecule has 0 amide bonds. The van der Waals surface area contributed by atoms with E-state index in [0.29, 0.717) is 0 Å². The second-order valence-corrected chi connectivity index (χ2v) is 5.62. The van der Waals surface area contributed by atoms with Gasteiger partial charge in [0.2, 0.25) is 0 Å². The van der Waals surface area contributed by atoms with E-state index in [4.69, 9.17) is 11.6 Å². The van der Waals surface area contributed by atoms with Gasteiger partial charge >= 0.3 is 0 Å². The first-order chi connectivity index (χ1) is 9.85. The molecule has 1 unspecified atom stereocenters. The van der Waals surface area contributed by atoms with Gasteiger partial charge in [-0.05, 0) is 36.9 Å². The fourth-order valence-corrected chi connectivity index (χ4v) is 2.71. The number of hydrogen-bond acceptors (Lipinski definition) is 1. The molecule has 1 nitrogen and oxygen atoms in total. The number of rotatable bonds is 3. The second kappa shape index (κ2) is 6.34. The summed E-state index contributed by atoms with van der Waals surface area (Å²) in [5.41, 5.74) is -0.285. The predicted octanol–water partition coefficient (Wildman–Crippen LogP) is 4.97. The van der Waals surface area contributed by atoms with Crippen LogP contribution in [0.15, 0.2) is 28.7 Å². The lowest BCUT2D eigenvalue weighted by Crippen LogP contribution is -2.21. The molecule has 2 aromatic rings. The van der Waals surface area contributed by atoms with Gasteiger partial charge in [0.1, 0.15) is 11.6 Å². The standard InChI is InChI=1S/C14H9BrClF4N/c1-21-14(7-4-9(17)10(18)5-8(7)16)13-11(19)2-6(15)3-12(13)20/h2-5,14,21H,1H3. The first-order valence-electron chi connectivity index (χ1n) is 5.81. The molecule has 2 aromatic carbocycles. The van der Waals surface area contributed by atoms with Crippen LogP contribution in [0.3, 0.4) is 0 Å². The summed E-state index contributed by atoms with van der Waals surface area (Å²) < 4.78 is 54.8. The molecule has 7 heteroatoms. The van der Waals surface area contributed by atoms with Crippen molar-refractivity contribution in [3.63, 3.8) is 0 Å². The molecule has 0 aromatic heterocycles. The van der Waals surface area contributed by atoms with Crippen molar-refractivity contribution in [2.24, 2.45) is 0 Å². The van der Waals surface area contributed by atoms with Crippen LogP contribution in [0, 0.1) is 23.3 Å². The summed E-state index contributed by atoms with van der Waals surface area (Å²) in [6.07, 6.45) is 0. The molecule has 0 aliphatic rings. The van der Waals surface area contributed by atoms with E-state index in [1.165, 1.54) is 7.05 Å². The van der Waals surface area contributed by atoms with Gasteiger partial charge in [-0.15, -0.1) is 0 Å². The molecule has 21 heavy (non-hydrogen) atoms. The SMILES string of the molecule is CNC(c1cc(F)c(F)cc1Cl)c1c(F)cc(Br)cc1F. The maximum absolute atomic E-state index is 14.0. The van der Waals surface area contributed by atoms with E-state index in [9.17, 15) is 17.6 Å². The van der Waals surface area contributed by atoms with E-state index in [0.717, 1.165) is 24.3 Å². The Bertz CT molecular complexity index is 670. The molecule has 0 bridgehead atoms. The first-order valence-corrected chi connectivity index (χ1v) is 6.98. The molecular formula is C14H9BrClF4N. The zero-order valence-electron chi connectivity index (χ0n) is 10.7. The molecule has 0 saturated carbocycles. The Labute approximate surface area is 132 Å². The van der Waals surface area contributed by atoms with Crippen LogP contribution in [-0.4, -0.2) is 7.05 Å². The minimum atomic E-state index is -1.15. The Kier molecular flexibility index (Phi) is 4.91. The highest BCUT2D eigenvalue weighted by Gasteiger charge is 2.24. The van der Waals surface area contributed by atoms with Gasteiger partial charge in [0, 0.05) is 15.1 Å². The number of nitrogens with one attached hydrogen (secondary N) is 1. The monoisotopic (exact) mass is 381 g/mol. The van der Waals surface area contributed by atoms with Crippen molar-refractivity contribution < 1.29 is 17.6 Å². The Balaban J connectivity index is 2.63. The van der Waals surface area contributed by atoms with Crippen molar-refractivity contribution in [1.82, 2.24) is 5.32 Å². The lowest BCUT2D eigenvalue weighted by molar-refractivity contribution is 0.498. The van der Waals surface area contributed by atoms with Gasteiger partial charge in [0.25, 0.3) is 0 Å². The van der Waals surface area contributed by atoms with Gasteiger partial charge in [-0.1, -0.05) is 27.5 Å². The molecule has 112 valence electrons. The molecule has 1 atom stereocenters. The van der Waals surface area contributed by atoms with Crippen LogP contribution in [-0.2, 0) is 0 Å². The summed E-state index contributed by atoms with van der Waals surface area (Å²) in [5.74, 6) is -3.94. The topological polar surface area (TPSA) is 12.0 Å². The maximum Gasteiger partial charge on any atom is 0.160 e. The van der Waals surface area contributed by atoms with Crippen LogP contribution in [0.25, 0.3) is 0 Å². The zero-order chi connectivity index (χ0) is 15.7. The van der Waals surface area contributed by atoms with E-state index in [1.54, 1.807) is 0 Å². The van der Waals surface area contributed by atoms with E-state index in [-0.39, 0.29) is 20.6 Å². The van der Waals surface area contributed by atoms with Gasteiger partial charge in [-0.3, -0.25) is 0 Å². The molecule has 0 radical (unpaired) electrons. The normalized spacial score (nSPS) is 12.5. The lowest BCUT2D eigenvalue weighted by atomic mass is 9.97. The van der Waals surface area contributed by atoms with E-state index < -0.39 is 29.3 Å². The van der Waals surface area contributed by atoms with E-state index >= 15 is 0 Å². The van der Waals surface area contributed by atoms with Crippen LogP contribution in [0.5, 0.6) is 0 Å². The first kappa shape index (κ1) is 16.3. The highest BCUT2D eigenvalue weighted by atomic mass is 79.9. The van der Waals surface area contributed by atoms with Gasteiger partial charge in [-0.2, -0.15) is 0 Å². The molecule has 0 aliphatic heterocycles. The zero-order valence-corrected chi connectivity index (χ0v) is 13.0. The van der Waals surface area contributed by atoms with Gasteiger partial charge in [0.15, 0.2) is 11.6 Å². The highest BCUT2D eigenvalue weighted by Crippen LogP contribution is 2.33. The molecule has 2 rings (SSSR count). The van der Waals surface area contributed by atoms with Crippen molar-refractivity contribution in [2.45, 2.75) is 6.04 Å². The van der Waals surface area contributed by atoms with E-state index in [1.807, 2.05) is 0 Å². The second-order valence-electron chi connectivity index (χ2n) is 4.29. The minimum Gasteiger partial charge on any atom is -0.309 e. The summed E-state index contributed by atoms with van der Waals surface area (Å²) in [7, 11) is 1.43. The number of halogens is 6. The largest absolute Gasteiger partial charge is 0.309 e. The van der Waals surface area contributed by atoms with Crippen LogP contribution < -0.4 is 5.32 Å². The molecule has 0 fully saturated rings. The smallest absolute Gasteiger partial charge is 0.160 e. The summed E-state index contributed by atoms with van der Waals surface area (Å²) in [6, 6.07) is 2.69. The Morgan fingerprint density at radius 1 is 0.952 bits per heavy atom. The van der Waals surface area contributed by atoms with Crippen molar-refractivity contribution in [3.8, 4) is 0 Å². The molecule has 0 heterocycles. The van der Waals surface area contributed by atoms with Crippen LogP contribution in [0.2, 0.25) is 5.02 Å². The van der Waals surface area contributed by atoms with Crippen molar-refractivity contribution in [1.29, 1.82) is 0 Å². The van der Waals surface area contributed by atoms with Crippen LogP contribution in [0.4, 0.5) is 17.6 Å². The fourth-order valence-electron chi connectivity index (χ4n) is 2.04. The van der Waals surface area contributed by atoms with Crippen molar-refractivity contribution in [2.75, 3.05) is 7.05 Å². The lowest BCUT2D eigenvalue weighted by Gasteiger charge is -2.20. The fraction of sp³-hybridized carbons (Fsp3) is 0.143. The number of hydrogen-bond donors (Lipinski definition) is 1. The number of benzene rings is 2. The third kappa shape index (κ3) is 3.22. The Morgan fingerprint density at radius 2 is 1.48 bits per heavy atom. The molecule has 0 aliphatic carbocycles. The van der Waals surface area contributed by atoms with Gasteiger partial charge in [0.05, 0.1) is 6.04 Å². The Hall–Kier alpha value is -1.11. The van der Waals surface area contributed by atoms with Crippen LogP contribution >= 0.6 is 27.5 Å². The third-order valence-electron chi connectivity index (χ3n) is 2.97. The minimum absolute atomic E-state index is 0.0400. The summed E-state index contributed by atoms with van der Waals surface area (Å²) >= 11 is 8.83.